The van der Waals surface area contributed by atoms with Gasteiger partial charge >= 0.3 is 0 Å². The summed E-state index contributed by atoms with van der Waals surface area (Å²) < 4.78 is 0. The minimum Gasteiger partial charge on any atom is -0.338 e. The fourth-order valence-corrected chi connectivity index (χ4v) is 1.51. The summed E-state index contributed by atoms with van der Waals surface area (Å²) in [6, 6.07) is 0. The zero-order chi connectivity index (χ0) is 8.55. The molecule has 12 heavy (non-hydrogen) atoms. The molecule has 0 saturated heterocycles. The molecule has 0 aliphatic carbocycles. The maximum Gasteiger partial charge on any atom is 0.257 e. The first-order chi connectivity index (χ1) is 5.83. The van der Waals surface area contributed by atoms with Crippen LogP contribution in [0.5, 0.6) is 0 Å². The largest absolute Gasteiger partial charge is 0.338 e. The highest BCUT2D eigenvalue weighted by Gasteiger charge is 2.24. The van der Waals surface area contributed by atoms with Crippen LogP contribution in [0.25, 0.3) is 0 Å². The number of hydrogen-bond donors (Lipinski definition) is 1. The molecule has 2 rings (SSSR count). The number of fused-ring (bicyclic) bond motifs is 1. The first kappa shape index (κ1) is 7.34. The third-order valence-electron chi connectivity index (χ3n) is 2.25. The Bertz CT molecular complexity index is 305. The molecule has 4 heteroatoms. The van der Waals surface area contributed by atoms with Gasteiger partial charge in [0.15, 0.2) is 0 Å². The topological polar surface area (TPSA) is 49.0 Å². The van der Waals surface area contributed by atoms with E-state index in [0.29, 0.717) is 0 Å². The minimum absolute atomic E-state index is 0.104. The molecule has 1 aliphatic heterocycles. The third-order valence-corrected chi connectivity index (χ3v) is 2.25. The second-order valence-corrected chi connectivity index (χ2v) is 2.90. The molecule has 0 spiro atoms. The molecule has 1 aliphatic rings. The standard InChI is InChI=1S/C8H11N3O/c1-2-11-4-3-7-6(8(11)12)5-9-10-7/h5H,2-4H2,1H3,(H,9,10). The summed E-state index contributed by atoms with van der Waals surface area (Å²) in [5.74, 6) is 0.104. The van der Waals surface area contributed by atoms with Crippen LogP contribution < -0.4 is 0 Å². The first-order valence-corrected chi connectivity index (χ1v) is 4.14. The van der Waals surface area contributed by atoms with E-state index in [1.165, 1.54) is 0 Å². The summed E-state index contributed by atoms with van der Waals surface area (Å²) in [6.45, 7) is 3.58. The fraction of sp³-hybridized carbons (Fsp3) is 0.500. The van der Waals surface area contributed by atoms with Crippen molar-refractivity contribution in [2.45, 2.75) is 13.3 Å². The van der Waals surface area contributed by atoms with Crippen LogP contribution in [-0.4, -0.2) is 34.1 Å². The second kappa shape index (κ2) is 2.62. The Morgan fingerprint density at radius 3 is 3.33 bits per heavy atom. The van der Waals surface area contributed by atoms with Gasteiger partial charge in [-0.05, 0) is 6.92 Å². The van der Waals surface area contributed by atoms with Gasteiger partial charge in [-0.3, -0.25) is 9.89 Å². The molecule has 1 N–H and O–H groups in total. The molecule has 0 fully saturated rings. The number of nitrogens with zero attached hydrogens (tertiary/aromatic N) is 2. The lowest BCUT2D eigenvalue weighted by Crippen LogP contribution is -2.36. The Kier molecular flexibility index (Phi) is 1.60. The van der Waals surface area contributed by atoms with E-state index in [1.54, 1.807) is 6.20 Å². The minimum atomic E-state index is 0.104. The molecule has 0 aromatic carbocycles. The molecule has 1 aromatic heterocycles. The van der Waals surface area contributed by atoms with Crippen molar-refractivity contribution in [1.82, 2.24) is 15.1 Å². The van der Waals surface area contributed by atoms with Crippen LogP contribution >= 0.6 is 0 Å². The predicted molar refractivity (Wildman–Crippen MR) is 43.9 cm³/mol. The van der Waals surface area contributed by atoms with Crippen LogP contribution in [0, 0.1) is 0 Å². The van der Waals surface area contributed by atoms with E-state index >= 15 is 0 Å². The molecule has 0 bridgehead atoms. The van der Waals surface area contributed by atoms with Gasteiger partial charge < -0.3 is 4.90 Å². The molecule has 2 heterocycles. The van der Waals surface area contributed by atoms with Gasteiger partial charge in [-0.15, -0.1) is 0 Å². The lowest BCUT2D eigenvalue weighted by atomic mass is 10.1. The number of H-pyrrole nitrogens is 1. The lowest BCUT2D eigenvalue weighted by molar-refractivity contribution is 0.0749. The van der Waals surface area contributed by atoms with Crippen LogP contribution in [0.15, 0.2) is 6.20 Å². The van der Waals surface area contributed by atoms with Gasteiger partial charge in [-0.25, -0.2) is 0 Å². The summed E-state index contributed by atoms with van der Waals surface area (Å²) in [5, 5.41) is 6.69. The molecule has 64 valence electrons. The average molecular weight is 165 g/mol. The highest BCUT2D eigenvalue weighted by Crippen LogP contribution is 2.15. The Morgan fingerprint density at radius 2 is 2.58 bits per heavy atom. The number of rotatable bonds is 1. The van der Waals surface area contributed by atoms with Crippen molar-refractivity contribution in [3.63, 3.8) is 0 Å². The van der Waals surface area contributed by atoms with E-state index in [0.717, 1.165) is 30.8 Å². The van der Waals surface area contributed by atoms with Crippen molar-refractivity contribution in [2.75, 3.05) is 13.1 Å². The smallest absolute Gasteiger partial charge is 0.257 e. The van der Waals surface area contributed by atoms with Crippen LogP contribution in [0.4, 0.5) is 0 Å². The maximum absolute atomic E-state index is 11.6. The van der Waals surface area contributed by atoms with Gasteiger partial charge in [0.25, 0.3) is 5.91 Å². The zero-order valence-electron chi connectivity index (χ0n) is 7.00. The van der Waals surface area contributed by atoms with E-state index in [9.17, 15) is 4.79 Å². The highest BCUT2D eigenvalue weighted by atomic mass is 16.2. The fourth-order valence-electron chi connectivity index (χ4n) is 1.51. The predicted octanol–water partition coefficient (Wildman–Crippen LogP) is 0.428. The molecule has 4 nitrogen and oxygen atoms in total. The van der Waals surface area contributed by atoms with Crippen molar-refractivity contribution in [3.8, 4) is 0 Å². The van der Waals surface area contributed by atoms with Crippen LogP contribution in [0.2, 0.25) is 0 Å². The van der Waals surface area contributed by atoms with E-state index in [4.69, 9.17) is 0 Å². The number of carbonyl (C=O) groups is 1. The van der Waals surface area contributed by atoms with Crippen LogP contribution in [-0.2, 0) is 6.42 Å². The van der Waals surface area contributed by atoms with Crippen molar-refractivity contribution in [1.29, 1.82) is 0 Å². The second-order valence-electron chi connectivity index (χ2n) is 2.90. The van der Waals surface area contributed by atoms with Gasteiger partial charge in [0.1, 0.15) is 0 Å². The molecule has 1 aromatic rings. The summed E-state index contributed by atoms with van der Waals surface area (Å²) in [6.07, 6.45) is 2.51. The number of nitrogens with one attached hydrogen (secondary N) is 1. The highest BCUT2D eigenvalue weighted by molar-refractivity contribution is 5.96. The quantitative estimate of drug-likeness (QED) is 0.656. The summed E-state index contributed by atoms with van der Waals surface area (Å²) in [7, 11) is 0. The van der Waals surface area contributed by atoms with Crippen molar-refractivity contribution >= 4 is 5.91 Å². The molecule has 0 unspecified atom stereocenters. The number of aromatic nitrogens is 2. The Hall–Kier alpha value is -1.32. The van der Waals surface area contributed by atoms with Gasteiger partial charge in [0.2, 0.25) is 0 Å². The van der Waals surface area contributed by atoms with Gasteiger partial charge in [-0.1, -0.05) is 0 Å². The molecule has 1 amide bonds. The maximum atomic E-state index is 11.6. The monoisotopic (exact) mass is 165 g/mol. The van der Waals surface area contributed by atoms with E-state index < -0.39 is 0 Å². The van der Waals surface area contributed by atoms with Gasteiger partial charge in [-0.2, -0.15) is 5.10 Å². The normalized spacial score (nSPS) is 16.4. The SMILES string of the molecule is CCN1CCc2[nH]ncc2C1=O. The molecule has 0 radical (unpaired) electrons. The summed E-state index contributed by atoms with van der Waals surface area (Å²) >= 11 is 0. The number of carbonyl (C=O) groups excluding carboxylic acids is 1. The summed E-state index contributed by atoms with van der Waals surface area (Å²) in [4.78, 5) is 13.4. The Balaban J connectivity index is 2.35. The first-order valence-electron chi connectivity index (χ1n) is 4.14. The van der Waals surface area contributed by atoms with E-state index in [-0.39, 0.29) is 5.91 Å². The van der Waals surface area contributed by atoms with Crippen molar-refractivity contribution in [3.05, 3.63) is 17.5 Å². The molecule has 0 saturated carbocycles. The lowest BCUT2D eigenvalue weighted by Gasteiger charge is -2.24. The average Bonchev–Trinajstić information content (AvgIpc) is 2.53. The van der Waals surface area contributed by atoms with Crippen LogP contribution in [0.1, 0.15) is 23.0 Å². The third kappa shape index (κ3) is 0.913. The number of likely N-dealkylation sites (N-methyl/N-ethyl adjacent to an activating group) is 1. The Labute approximate surface area is 70.6 Å². The van der Waals surface area contributed by atoms with Crippen molar-refractivity contribution < 1.29 is 4.79 Å². The molecular formula is C8H11N3O. The number of amides is 1. The van der Waals surface area contributed by atoms with Gasteiger partial charge in [0.05, 0.1) is 11.8 Å². The van der Waals surface area contributed by atoms with Crippen LogP contribution in [0.3, 0.4) is 0 Å². The molecule has 0 atom stereocenters. The van der Waals surface area contributed by atoms with Crippen molar-refractivity contribution in [2.24, 2.45) is 0 Å². The summed E-state index contributed by atoms with van der Waals surface area (Å²) in [5.41, 5.74) is 1.72. The molecular weight excluding hydrogens is 154 g/mol. The Morgan fingerprint density at radius 1 is 1.75 bits per heavy atom. The van der Waals surface area contributed by atoms with E-state index in [1.807, 2.05) is 11.8 Å². The zero-order valence-corrected chi connectivity index (χ0v) is 7.00. The van der Waals surface area contributed by atoms with Gasteiger partial charge in [0, 0.05) is 25.2 Å². The number of hydrogen-bond acceptors (Lipinski definition) is 2. The number of aromatic amines is 1. The van der Waals surface area contributed by atoms with E-state index in [2.05, 4.69) is 10.2 Å².